The maximum absolute atomic E-state index is 14.0. The number of imide groups is 3. The maximum atomic E-state index is 14.0. The minimum absolute atomic E-state index is 0. The largest absolute Gasteiger partial charge is 0.391 e. The third kappa shape index (κ3) is 19.8. The number of carbonyl (C=O) groups is 6. The molecule has 6 aliphatic rings. The molecule has 0 radical (unpaired) electrons. The second kappa shape index (κ2) is 40.4. The number of unbranched alkanes of at least 4 members (excludes halogenated alkanes) is 7. The van der Waals surface area contributed by atoms with Gasteiger partial charge in [-0.1, -0.05) is 277 Å². The van der Waals surface area contributed by atoms with Gasteiger partial charge in [0.05, 0.1) is 71.8 Å². The number of likely N-dealkylation sites (tertiary alicyclic amines) is 2. The molecule has 4 saturated heterocycles. The molecule has 6 heterocycles. The smallest absolute Gasteiger partial charge is 0.269 e. The Morgan fingerprint density at radius 3 is 1.60 bits per heavy atom. The Balaban J connectivity index is 0.000000182. The highest BCUT2D eigenvalue weighted by molar-refractivity contribution is 9.10. The zero-order valence-corrected chi connectivity index (χ0v) is 65.6. The first-order valence-corrected chi connectivity index (χ1v) is 40.0. The first-order chi connectivity index (χ1) is 54.8. The van der Waals surface area contributed by atoms with Crippen molar-refractivity contribution in [1.82, 2.24) is 24.8 Å². The van der Waals surface area contributed by atoms with Crippen molar-refractivity contribution < 1.29 is 49.0 Å². The van der Waals surface area contributed by atoms with Crippen molar-refractivity contribution in [3.05, 3.63) is 302 Å². The minimum atomic E-state index is -0.939. The zero-order chi connectivity index (χ0) is 79.4. The summed E-state index contributed by atoms with van der Waals surface area (Å²) in [6.07, 6.45) is 15.7. The highest BCUT2D eigenvalue weighted by atomic mass is 79.9. The molecule has 4 fully saturated rings. The maximum Gasteiger partial charge on any atom is 0.269 e. The van der Waals surface area contributed by atoms with Crippen LogP contribution in [0.3, 0.4) is 0 Å². The first-order valence-electron chi connectivity index (χ1n) is 38.8. The van der Waals surface area contributed by atoms with Crippen LogP contribution < -0.4 is 21.2 Å². The van der Waals surface area contributed by atoms with E-state index in [1.54, 1.807) is 93.9 Å². The van der Waals surface area contributed by atoms with E-state index in [4.69, 9.17) is 11.6 Å². The number of fused-ring (bicyclic) bond motifs is 4. The van der Waals surface area contributed by atoms with Crippen LogP contribution in [0.2, 0.25) is 5.02 Å². The fourth-order valence-corrected chi connectivity index (χ4v) is 16.6. The van der Waals surface area contributed by atoms with Gasteiger partial charge in [-0.3, -0.25) is 48.7 Å². The number of aliphatic hydroxyl groups excluding tert-OH is 3. The molecule has 0 spiro atoms. The highest BCUT2D eigenvalue weighted by Gasteiger charge is 2.58. The predicted octanol–water partition coefficient (Wildman–Crippen LogP) is 18.0. The third-order valence-electron chi connectivity index (χ3n) is 22.2. The van der Waals surface area contributed by atoms with Gasteiger partial charge in [0, 0.05) is 38.7 Å². The molecular formula is C93H106BrClN10O11. The number of para-hydroxylation sites is 1. The Hall–Kier alpha value is -10.5. The van der Waals surface area contributed by atoms with Gasteiger partial charge in [0.15, 0.2) is 0 Å². The van der Waals surface area contributed by atoms with Gasteiger partial charge in [-0.05, 0) is 144 Å². The number of anilines is 4. The van der Waals surface area contributed by atoms with Crippen molar-refractivity contribution in [3.63, 3.8) is 0 Å². The van der Waals surface area contributed by atoms with E-state index in [9.17, 15) is 54.2 Å². The number of piperidine rings is 1. The van der Waals surface area contributed by atoms with Crippen LogP contribution in [-0.4, -0.2) is 123 Å². The van der Waals surface area contributed by atoms with Gasteiger partial charge in [0.2, 0.25) is 29.5 Å². The predicted molar refractivity (Wildman–Crippen MR) is 462 cm³/mol. The van der Waals surface area contributed by atoms with Crippen molar-refractivity contribution in [2.75, 3.05) is 21.2 Å². The number of halogens is 2. The third-order valence-corrected chi connectivity index (χ3v) is 23.0. The zero-order valence-electron chi connectivity index (χ0n) is 63.3. The summed E-state index contributed by atoms with van der Waals surface area (Å²) in [5, 5.41) is 53.2. The molecule has 2 unspecified atom stereocenters. The molecule has 9 aromatic rings. The highest BCUT2D eigenvalue weighted by Crippen LogP contribution is 2.43. The number of rotatable bonds is 26. The molecule has 0 saturated carbocycles. The van der Waals surface area contributed by atoms with Crippen molar-refractivity contribution in [2.45, 2.75) is 181 Å². The number of nitro benzene ring substituents is 1. The molecule has 0 bridgehead atoms. The van der Waals surface area contributed by atoms with Gasteiger partial charge in [-0.2, -0.15) is 0 Å². The fourth-order valence-electron chi connectivity index (χ4n) is 16.2. The van der Waals surface area contributed by atoms with Crippen LogP contribution in [-0.2, 0) is 41.9 Å². The lowest BCUT2D eigenvalue weighted by Gasteiger charge is -2.43. The summed E-state index contributed by atoms with van der Waals surface area (Å²) in [7, 11) is 0. The number of carbonyl (C=O) groups excluding carboxylic acids is 6. The molecular weight excluding hydrogens is 1550 g/mol. The van der Waals surface area contributed by atoms with E-state index < -0.39 is 71.2 Å². The van der Waals surface area contributed by atoms with E-state index >= 15 is 0 Å². The van der Waals surface area contributed by atoms with Gasteiger partial charge in [-0.15, -0.1) is 0 Å². The Morgan fingerprint density at radius 1 is 0.500 bits per heavy atom. The number of aryl methyl sites for hydroxylation is 2. The van der Waals surface area contributed by atoms with Gasteiger partial charge in [0.1, 0.15) is 24.2 Å². The second-order valence-electron chi connectivity index (χ2n) is 29.7. The van der Waals surface area contributed by atoms with Crippen LogP contribution in [0.15, 0.2) is 253 Å². The second-order valence-corrected chi connectivity index (χ2v) is 31.1. The molecule has 608 valence electrons. The summed E-state index contributed by atoms with van der Waals surface area (Å²) in [5.41, 5.74) is 17.8. The number of hydrogen-bond acceptors (Lipinski definition) is 17. The molecule has 9 aromatic carbocycles. The molecule has 23 heteroatoms. The number of nitrogens with one attached hydrogen (secondary N) is 3. The van der Waals surface area contributed by atoms with Crippen molar-refractivity contribution >= 4 is 102 Å². The minimum Gasteiger partial charge on any atom is -0.391 e. The molecule has 6 N–H and O–H groups in total. The number of hydrogen-bond donors (Lipinski definition) is 6. The summed E-state index contributed by atoms with van der Waals surface area (Å²) in [6.45, 7) is 6.58. The van der Waals surface area contributed by atoms with E-state index in [1.807, 2.05) is 172 Å². The van der Waals surface area contributed by atoms with Crippen molar-refractivity contribution in [1.29, 1.82) is 0 Å². The summed E-state index contributed by atoms with van der Waals surface area (Å²) in [6, 6.07) is 64.3. The van der Waals surface area contributed by atoms with Gasteiger partial charge < -0.3 is 31.6 Å². The Morgan fingerprint density at radius 2 is 1.01 bits per heavy atom. The average Bonchev–Trinajstić information content (AvgIpc) is 1.60. The molecule has 21 nitrogen and oxygen atoms in total. The Bertz CT molecular complexity index is 4910. The van der Waals surface area contributed by atoms with E-state index in [0.29, 0.717) is 46.9 Å². The monoisotopic (exact) mass is 1650 g/mol. The fraction of sp³-hybridized carbons (Fsp3) is 0.333. The van der Waals surface area contributed by atoms with Gasteiger partial charge in [-0.25, -0.2) is 19.9 Å². The molecule has 0 aliphatic carbocycles. The number of hydrazine groups is 3. The lowest BCUT2D eigenvalue weighted by atomic mass is 9.85. The van der Waals surface area contributed by atoms with E-state index in [0.717, 1.165) is 68.0 Å². The van der Waals surface area contributed by atoms with Crippen molar-refractivity contribution in [3.8, 4) is 0 Å². The number of aliphatic hydroxyl groups is 3. The standard InChI is InChI=1S/C33H31N3O3.C30H40N4O5.C27H23BrClN3O3.3CH4/c1-21-14-16-25(17-15-21)34-36-29(31(37)26-12-5-3-8-22(26)2)19-18-28-30(36)33(39)35(32(28)38)20-24-11-7-10-23-9-4-6-13-27(23)24;1-2-3-4-5-6-7-8-12-15-27(35)26-21-20-25-28(30(37)32(29(25)36)23-13-10-9-11-14-23)33(26)31-22-16-18-24(19-17-22)34(38)39;28-19-8-6-18(7-9-19)25(33)23-15-14-22-24(32(23)30-21-12-10-20(29)11-13-21)27(35)31(26(22)34)16-17-4-2-1-3-5-17;;;/h3-19,28-31,34,37H,20H2,1-2H3;9-11,13-14,16-19,25-28,31,35H,2-8,12,15,20-21H2,1H3;1-15,22-25,30,33H,16H2;3*1H4/t28-,29-,30+,31-;25?,26-,27-,28+;22?,23-,24+,25-;;;/m111.../s1. The molecule has 116 heavy (non-hydrogen) atoms. The van der Waals surface area contributed by atoms with Crippen LogP contribution in [0.4, 0.5) is 28.4 Å². The van der Waals surface area contributed by atoms with Crippen LogP contribution in [0, 0.1) is 41.7 Å². The number of nitro groups is 1. The summed E-state index contributed by atoms with van der Waals surface area (Å²) in [4.78, 5) is 96.3. The van der Waals surface area contributed by atoms with E-state index in [2.05, 4.69) is 39.1 Å². The number of non-ortho nitro benzene ring substituents is 1. The summed E-state index contributed by atoms with van der Waals surface area (Å²) < 4.78 is 0.900. The van der Waals surface area contributed by atoms with E-state index in [1.165, 1.54) is 58.9 Å². The van der Waals surface area contributed by atoms with Crippen LogP contribution in [0.25, 0.3) is 10.8 Å². The van der Waals surface area contributed by atoms with Crippen LogP contribution >= 0.6 is 27.5 Å². The molecule has 15 rings (SSSR count). The molecule has 12 atom stereocenters. The van der Waals surface area contributed by atoms with Gasteiger partial charge >= 0.3 is 0 Å². The number of benzene rings is 9. The summed E-state index contributed by atoms with van der Waals surface area (Å²) in [5.74, 6) is -3.45. The van der Waals surface area contributed by atoms with E-state index in [-0.39, 0.29) is 82.5 Å². The number of nitrogens with zero attached hydrogens (tertiary/aromatic N) is 7. The van der Waals surface area contributed by atoms with Crippen LogP contribution in [0.1, 0.15) is 145 Å². The topological polar surface area (TPSA) is 262 Å². The average molecular weight is 1660 g/mol. The molecule has 6 amide bonds. The Kier molecular flexibility index (Phi) is 30.6. The lowest BCUT2D eigenvalue weighted by Crippen LogP contribution is -2.59. The first kappa shape index (κ1) is 87.8. The SMILES string of the molecule is C.C.C.CCCCCCCCCC[C@@H](O)[C@H]1CCC2C(=O)N(c3ccccc3)C(=O)[C@H]2N1Nc1ccc([N+](=O)[O-])cc1.Cc1ccc(NN2[C@@H]([C@H](O)c3ccccc3C)C=C[C@H]3C(=O)N(Cc4cccc5ccccc45)C(=O)[C@H]32)cc1.O=C1C2C=C[C@H]([C@H](O)c3ccc(Br)cc3)N(Nc3ccc(Cl)cc3)[C@@H]2C(=O)N1Cc1ccccc1. The lowest BCUT2D eigenvalue weighted by molar-refractivity contribution is -0.384. The normalized spacial score (nSPS) is 21.7. The van der Waals surface area contributed by atoms with Crippen LogP contribution in [0.5, 0.6) is 0 Å². The van der Waals surface area contributed by atoms with Gasteiger partial charge in [0.25, 0.3) is 11.6 Å². The van der Waals surface area contributed by atoms with Crippen molar-refractivity contribution in [2.24, 2.45) is 17.8 Å². The molecule has 0 aromatic heterocycles. The Labute approximate surface area is 693 Å². The molecule has 6 aliphatic heterocycles. The number of amides is 6. The quantitative estimate of drug-likeness (QED) is 0.00968. The summed E-state index contributed by atoms with van der Waals surface area (Å²) >= 11 is 9.47.